The number of rotatable bonds is 21. The lowest BCUT2D eigenvalue weighted by Crippen LogP contribution is -2.49. The van der Waals surface area contributed by atoms with Gasteiger partial charge in [0.25, 0.3) is 0 Å². The van der Waals surface area contributed by atoms with Crippen LogP contribution in [0.4, 0.5) is 0 Å². The second kappa shape index (κ2) is 34.8. The summed E-state index contributed by atoms with van der Waals surface area (Å²) in [7, 11) is 0. The first-order valence-electron chi connectivity index (χ1n) is 33.1. The molecule has 12 nitrogen and oxygen atoms in total. The van der Waals surface area contributed by atoms with Crippen LogP contribution >= 0.6 is 0 Å². The summed E-state index contributed by atoms with van der Waals surface area (Å²) in [5.41, 5.74) is -1.18. The van der Waals surface area contributed by atoms with E-state index in [2.05, 4.69) is 0 Å². The SMILES string of the molecule is C.C.C.C.C.C.C.C.CCC(C)(C)C(=O)OCOC1C2CC3CC(C2)CC1C3.CCC(C)(C)C(=O)OCOC1CC2CC1C1C3CCC(C3)C21.CCC(C)(C)C(=O)OCOC1CC2CCC1C2.CCC(C)(C)C(=O)OCOCC12CC3CC(CC(C3)C1)C2. The number of hydrogen-bond acceptors (Lipinski definition) is 12. The lowest BCUT2D eigenvalue weighted by Gasteiger charge is -2.56. The predicted molar refractivity (Wildman–Crippen MR) is 362 cm³/mol. The van der Waals surface area contributed by atoms with Crippen LogP contribution in [0.5, 0.6) is 0 Å². The first kappa shape index (κ1) is 83.7. The maximum absolute atomic E-state index is 12.0. The standard InChI is InChI=1S/C19H30O3.C18H30O3.C17H28O3.C14H24O3.8CH4/c1-4-19(2,3)18(20)22-10-21-15-9-13-8-14(15)17-12-6-5-11(7-12)16(13)17;1-4-17(2,3)16(19)21-12-20-11-18-8-13-5-14(9-18)7-15(6-13)10-18;1-4-17(2,3)16(18)20-10-19-15-13-6-11-5-12(8-13)9-14(15)7-11;1-4-14(2,3)13(15)17-9-16-12-8-10-5-6-11(12)7-10;;;;;;;;/h11-17H,4-10H2,1-3H3;13-15H,4-12H2,1-3H3;11-15H,4-10H2,1-3H3;10-12H,4-9H2,1-3H3;8*1H4. The molecule has 14 aliphatic rings. The smallest absolute Gasteiger partial charge is 0.313 e. The fourth-order valence-corrected chi connectivity index (χ4v) is 18.9. The summed E-state index contributed by atoms with van der Waals surface area (Å²) in [6, 6.07) is 0. The van der Waals surface area contributed by atoms with E-state index < -0.39 is 21.7 Å². The van der Waals surface area contributed by atoms with E-state index in [9.17, 15) is 19.2 Å². The van der Waals surface area contributed by atoms with Crippen molar-refractivity contribution in [2.45, 2.75) is 315 Å². The molecule has 0 radical (unpaired) electrons. The summed E-state index contributed by atoms with van der Waals surface area (Å²) in [4.78, 5) is 47.6. The third-order valence-electron chi connectivity index (χ3n) is 24.5. The number of carbonyl (C=O) groups excluding carboxylic acids is 4. The molecule has 0 aromatic carbocycles. The average molecular weight is 1250 g/mol. The maximum atomic E-state index is 12.0. The fourth-order valence-electron chi connectivity index (χ4n) is 18.9. The number of esters is 4. The topological polar surface area (TPSA) is 142 Å². The third-order valence-corrected chi connectivity index (χ3v) is 24.5. The van der Waals surface area contributed by atoms with Crippen molar-refractivity contribution >= 4 is 23.9 Å². The maximum Gasteiger partial charge on any atom is 0.313 e. The molecule has 14 rings (SSSR count). The van der Waals surface area contributed by atoms with Gasteiger partial charge in [0.15, 0.2) is 27.2 Å². The van der Waals surface area contributed by atoms with Crippen molar-refractivity contribution in [3.8, 4) is 0 Å². The van der Waals surface area contributed by atoms with E-state index in [0.717, 1.165) is 121 Å². The Morgan fingerprint density at radius 1 is 0.352 bits per heavy atom. The molecule has 520 valence electrons. The molecule has 0 amide bonds. The van der Waals surface area contributed by atoms with Crippen LogP contribution in [0.25, 0.3) is 0 Å². The minimum atomic E-state index is -0.399. The molecule has 14 aliphatic carbocycles. The molecule has 14 bridgehead atoms. The first-order valence-corrected chi connectivity index (χ1v) is 33.1. The fraction of sp³-hybridized carbons (Fsp3) is 0.947. The number of hydrogen-bond donors (Lipinski definition) is 0. The predicted octanol–water partition coefficient (Wildman–Crippen LogP) is 20.1. The summed E-state index contributed by atoms with van der Waals surface area (Å²) in [5, 5.41) is 0. The van der Waals surface area contributed by atoms with Crippen molar-refractivity contribution in [2.75, 3.05) is 33.8 Å². The summed E-state index contributed by atoms with van der Waals surface area (Å²) < 4.78 is 44.7. The van der Waals surface area contributed by atoms with Gasteiger partial charge in [0, 0.05) is 0 Å². The van der Waals surface area contributed by atoms with Crippen molar-refractivity contribution in [2.24, 2.45) is 116 Å². The third kappa shape index (κ3) is 19.2. The van der Waals surface area contributed by atoms with Gasteiger partial charge in [0.05, 0.1) is 46.6 Å². The normalized spacial score (nSPS) is 35.4. The van der Waals surface area contributed by atoms with Gasteiger partial charge in [-0.3, -0.25) is 19.2 Å². The van der Waals surface area contributed by atoms with Crippen LogP contribution in [0, 0.1) is 116 Å². The summed E-state index contributed by atoms with van der Waals surface area (Å²) >= 11 is 0. The highest BCUT2D eigenvalue weighted by Crippen LogP contribution is 2.68. The van der Waals surface area contributed by atoms with E-state index in [1.165, 1.54) is 128 Å². The molecule has 10 unspecified atom stereocenters. The number of fused-ring (bicyclic) bond motifs is 11. The van der Waals surface area contributed by atoms with Crippen LogP contribution in [0.15, 0.2) is 0 Å². The minimum Gasteiger partial charge on any atom is -0.438 e. The van der Waals surface area contributed by atoms with Crippen LogP contribution in [-0.4, -0.2) is 76.0 Å². The molecule has 10 atom stereocenters. The summed E-state index contributed by atoms with van der Waals surface area (Å²) in [5.74, 6) is 12.9. The molecular weight excluding hydrogens is 1100 g/mol. The monoisotopic (exact) mass is 1250 g/mol. The van der Waals surface area contributed by atoms with E-state index in [1.54, 1.807) is 0 Å². The van der Waals surface area contributed by atoms with Crippen LogP contribution in [0.3, 0.4) is 0 Å². The van der Waals surface area contributed by atoms with Gasteiger partial charge in [0.1, 0.15) is 0 Å². The zero-order valence-corrected chi connectivity index (χ0v) is 52.3. The Morgan fingerprint density at radius 2 is 0.727 bits per heavy atom. The number of carbonyl (C=O) groups is 4. The van der Waals surface area contributed by atoms with Crippen molar-refractivity contribution < 1.29 is 57.1 Å². The molecule has 0 aromatic heterocycles. The summed E-state index contributed by atoms with van der Waals surface area (Å²) in [6.07, 6.45) is 31.6. The highest BCUT2D eigenvalue weighted by Gasteiger charge is 2.63. The zero-order chi connectivity index (χ0) is 57.4. The molecule has 88 heavy (non-hydrogen) atoms. The average Bonchev–Trinajstić information content (AvgIpc) is 1.75. The highest BCUT2D eigenvalue weighted by molar-refractivity contribution is 5.77. The second-order valence-electron chi connectivity index (χ2n) is 31.4. The van der Waals surface area contributed by atoms with Crippen LogP contribution in [0.2, 0.25) is 0 Å². The quantitative estimate of drug-likeness (QED) is 0.0355. The van der Waals surface area contributed by atoms with Gasteiger partial charge in [-0.2, -0.15) is 0 Å². The lowest BCUT2D eigenvalue weighted by molar-refractivity contribution is -0.193. The molecule has 0 spiro atoms. The Kier molecular flexibility index (Phi) is 33.1. The van der Waals surface area contributed by atoms with Gasteiger partial charge in [-0.1, -0.05) is 87.1 Å². The highest BCUT2D eigenvalue weighted by atomic mass is 16.7. The largest absolute Gasteiger partial charge is 0.438 e. The van der Waals surface area contributed by atoms with Crippen LogP contribution in [0.1, 0.15) is 297 Å². The molecule has 0 heterocycles. The molecule has 14 saturated carbocycles. The van der Waals surface area contributed by atoms with Gasteiger partial charge >= 0.3 is 23.9 Å². The Morgan fingerprint density at radius 3 is 1.14 bits per heavy atom. The Bertz CT molecular complexity index is 2030. The zero-order valence-electron chi connectivity index (χ0n) is 52.3. The van der Waals surface area contributed by atoms with Crippen molar-refractivity contribution in [3.63, 3.8) is 0 Å². The Labute approximate surface area is 543 Å². The first-order chi connectivity index (χ1) is 38.0. The molecule has 12 heteroatoms. The van der Waals surface area contributed by atoms with Gasteiger partial charge in [0.2, 0.25) is 0 Å². The van der Waals surface area contributed by atoms with Crippen LogP contribution in [-0.2, 0) is 57.1 Å². The van der Waals surface area contributed by atoms with Crippen molar-refractivity contribution in [1.82, 2.24) is 0 Å². The van der Waals surface area contributed by atoms with Crippen molar-refractivity contribution in [1.29, 1.82) is 0 Å². The van der Waals surface area contributed by atoms with Crippen molar-refractivity contribution in [3.05, 3.63) is 0 Å². The van der Waals surface area contributed by atoms with Gasteiger partial charge in [-0.05, 0) is 304 Å². The Balaban J connectivity index is 0.000000572. The van der Waals surface area contributed by atoms with Gasteiger partial charge in [-0.15, -0.1) is 0 Å². The van der Waals surface area contributed by atoms with E-state index >= 15 is 0 Å². The minimum absolute atomic E-state index is 0. The van der Waals surface area contributed by atoms with E-state index in [-0.39, 0.29) is 110 Å². The molecule has 14 fully saturated rings. The molecular formula is C76H144O12. The van der Waals surface area contributed by atoms with E-state index in [1.807, 2.05) is 83.1 Å². The van der Waals surface area contributed by atoms with Gasteiger partial charge < -0.3 is 37.9 Å². The number of ether oxygens (including phenoxy) is 8. The molecule has 0 N–H and O–H groups in total. The molecule has 0 aliphatic heterocycles. The lowest BCUT2D eigenvalue weighted by atomic mass is 9.50. The van der Waals surface area contributed by atoms with Crippen LogP contribution < -0.4 is 0 Å². The Hall–Kier alpha value is -2.28. The molecule has 0 aromatic rings. The van der Waals surface area contributed by atoms with E-state index in [4.69, 9.17) is 37.9 Å². The van der Waals surface area contributed by atoms with Gasteiger partial charge in [-0.25, -0.2) is 0 Å². The van der Waals surface area contributed by atoms with E-state index in [0.29, 0.717) is 23.7 Å². The molecule has 0 saturated heterocycles. The summed E-state index contributed by atoms with van der Waals surface area (Å²) in [6.45, 7) is 24.8. The second-order valence-corrected chi connectivity index (χ2v) is 31.4.